The lowest BCUT2D eigenvalue weighted by Gasteiger charge is -2.18. The van der Waals surface area contributed by atoms with Gasteiger partial charge in [-0.3, -0.25) is 4.79 Å². The van der Waals surface area contributed by atoms with Gasteiger partial charge in [0, 0.05) is 5.69 Å². The zero-order valence-corrected chi connectivity index (χ0v) is 18.3. The third-order valence-corrected chi connectivity index (χ3v) is 5.49. The van der Waals surface area contributed by atoms with E-state index in [4.69, 9.17) is 4.74 Å². The first-order valence-electron chi connectivity index (χ1n) is 10.7. The largest absolute Gasteiger partial charge is 0.449 e. The molecule has 0 aliphatic carbocycles. The molecule has 31 heavy (non-hydrogen) atoms. The Morgan fingerprint density at radius 2 is 1.52 bits per heavy atom. The number of nitrogens with one attached hydrogen (secondary N) is 1. The Labute approximate surface area is 184 Å². The number of benzene rings is 3. The monoisotopic (exact) mass is 415 g/mol. The minimum atomic E-state index is -0.915. The van der Waals surface area contributed by atoms with Crippen LogP contribution in [0.15, 0.2) is 78.9 Å². The number of amides is 1. The highest BCUT2D eigenvalue weighted by Crippen LogP contribution is 2.26. The van der Waals surface area contributed by atoms with Crippen LogP contribution in [0, 0.1) is 0 Å². The molecule has 0 saturated carbocycles. The van der Waals surface area contributed by atoms with Crippen LogP contribution in [-0.4, -0.2) is 18.0 Å². The first-order chi connectivity index (χ1) is 15.0. The zero-order chi connectivity index (χ0) is 22.2. The van der Waals surface area contributed by atoms with Crippen LogP contribution in [0.2, 0.25) is 0 Å². The first kappa shape index (κ1) is 22.3. The number of hydrogen-bond donors (Lipinski definition) is 1. The van der Waals surface area contributed by atoms with Crippen molar-refractivity contribution in [3.8, 4) is 0 Å². The van der Waals surface area contributed by atoms with Crippen molar-refractivity contribution in [3.05, 3.63) is 101 Å². The molecule has 4 heteroatoms. The van der Waals surface area contributed by atoms with Gasteiger partial charge in [-0.15, -0.1) is 0 Å². The summed E-state index contributed by atoms with van der Waals surface area (Å²) in [4.78, 5) is 25.6. The predicted octanol–water partition coefficient (Wildman–Crippen LogP) is 5.97. The lowest BCUT2D eigenvalue weighted by atomic mass is 9.97. The van der Waals surface area contributed by atoms with Crippen molar-refractivity contribution in [2.24, 2.45) is 0 Å². The topological polar surface area (TPSA) is 55.4 Å². The van der Waals surface area contributed by atoms with Crippen molar-refractivity contribution in [1.82, 2.24) is 0 Å². The average Bonchev–Trinajstić information content (AvgIpc) is 2.79. The Morgan fingerprint density at radius 1 is 0.871 bits per heavy atom. The van der Waals surface area contributed by atoms with Gasteiger partial charge in [0.15, 0.2) is 6.10 Å². The summed E-state index contributed by atoms with van der Waals surface area (Å²) < 4.78 is 5.52. The maximum absolute atomic E-state index is 12.8. The van der Waals surface area contributed by atoms with Gasteiger partial charge >= 0.3 is 5.97 Å². The smallest absolute Gasteiger partial charge is 0.339 e. The molecule has 4 nitrogen and oxygen atoms in total. The first-order valence-corrected chi connectivity index (χ1v) is 10.7. The van der Waals surface area contributed by atoms with Crippen molar-refractivity contribution in [2.45, 2.75) is 45.6 Å². The highest BCUT2D eigenvalue weighted by Gasteiger charge is 2.22. The molecule has 0 heterocycles. The highest BCUT2D eigenvalue weighted by atomic mass is 16.5. The summed E-state index contributed by atoms with van der Waals surface area (Å²) in [6.45, 7) is 5.83. The fraction of sp³-hybridized carbons (Fsp3) is 0.259. The summed E-state index contributed by atoms with van der Waals surface area (Å²) in [7, 11) is 0. The quantitative estimate of drug-likeness (QED) is 0.461. The van der Waals surface area contributed by atoms with Crippen LogP contribution in [-0.2, 0) is 16.0 Å². The molecule has 0 bridgehead atoms. The van der Waals surface area contributed by atoms with Crippen LogP contribution in [0.5, 0.6) is 0 Å². The van der Waals surface area contributed by atoms with Gasteiger partial charge in [0.2, 0.25) is 0 Å². The Morgan fingerprint density at radius 3 is 2.26 bits per heavy atom. The number of para-hydroxylation sites is 1. The Kier molecular flexibility index (Phi) is 7.60. The van der Waals surface area contributed by atoms with Gasteiger partial charge in [0.05, 0.1) is 5.56 Å². The molecular weight excluding hydrogens is 386 g/mol. The molecule has 0 aromatic heterocycles. The van der Waals surface area contributed by atoms with Gasteiger partial charge in [-0.05, 0) is 54.5 Å². The lowest BCUT2D eigenvalue weighted by molar-refractivity contribution is -0.123. The zero-order valence-electron chi connectivity index (χ0n) is 18.3. The molecule has 1 N–H and O–H groups in total. The number of carbonyl (C=O) groups excluding carboxylic acids is 2. The molecular formula is C27H29NO3. The van der Waals surface area contributed by atoms with Crippen LogP contribution in [0.1, 0.15) is 60.2 Å². The molecule has 1 amide bonds. The normalized spacial score (nSPS) is 12.6. The van der Waals surface area contributed by atoms with Crippen molar-refractivity contribution in [1.29, 1.82) is 0 Å². The molecule has 0 radical (unpaired) electrons. The number of hydrogen-bond acceptors (Lipinski definition) is 3. The van der Waals surface area contributed by atoms with Crippen molar-refractivity contribution < 1.29 is 14.3 Å². The second-order valence-corrected chi connectivity index (χ2v) is 7.75. The fourth-order valence-electron chi connectivity index (χ4n) is 3.46. The SMILES string of the molecule is CC[C@H](C)c1ccccc1NC(=O)[C@@H](C)OC(=O)c1ccccc1Cc1ccccc1. The van der Waals surface area contributed by atoms with Crippen molar-refractivity contribution in [3.63, 3.8) is 0 Å². The molecule has 3 aromatic carbocycles. The van der Waals surface area contributed by atoms with E-state index in [1.54, 1.807) is 19.1 Å². The lowest BCUT2D eigenvalue weighted by Crippen LogP contribution is -2.30. The van der Waals surface area contributed by atoms with Gasteiger partial charge in [0.25, 0.3) is 5.91 Å². The molecule has 2 atom stereocenters. The molecule has 0 spiro atoms. The number of rotatable bonds is 8. The molecule has 0 aliphatic heterocycles. The maximum Gasteiger partial charge on any atom is 0.339 e. The van der Waals surface area contributed by atoms with Crippen LogP contribution in [0.4, 0.5) is 5.69 Å². The summed E-state index contributed by atoms with van der Waals surface area (Å²) >= 11 is 0. The van der Waals surface area contributed by atoms with Crippen LogP contribution < -0.4 is 5.32 Å². The summed E-state index contributed by atoms with van der Waals surface area (Å²) in [6, 6.07) is 25.0. The fourth-order valence-corrected chi connectivity index (χ4v) is 3.46. The maximum atomic E-state index is 12.8. The summed E-state index contributed by atoms with van der Waals surface area (Å²) in [5.41, 5.74) is 4.29. The highest BCUT2D eigenvalue weighted by molar-refractivity contribution is 5.98. The number of ether oxygens (including phenoxy) is 1. The molecule has 0 unspecified atom stereocenters. The summed E-state index contributed by atoms with van der Waals surface area (Å²) in [5, 5.41) is 2.92. The van der Waals surface area contributed by atoms with E-state index in [1.165, 1.54) is 0 Å². The van der Waals surface area contributed by atoms with Crippen LogP contribution in [0.3, 0.4) is 0 Å². The van der Waals surface area contributed by atoms with Gasteiger partial charge in [-0.25, -0.2) is 4.79 Å². The van der Waals surface area contributed by atoms with Crippen molar-refractivity contribution in [2.75, 3.05) is 5.32 Å². The third kappa shape index (κ3) is 5.82. The van der Waals surface area contributed by atoms with E-state index in [2.05, 4.69) is 19.2 Å². The predicted molar refractivity (Wildman–Crippen MR) is 124 cm³/mol. The second-order valence-electron chi connectivity index (χ2n) is 7.75. The standard InChI is InChI=1S/C27H29NO3/c1-4-19(2)23-15-10-11-17-25(23)28-26(29)20(3)31-27(30)24-16-9-8-14-22(24)18-21-12-6-5-7-13-21/h5-17,19-20H,4,18H2,1-3H3,(H,28,29)/t19-,20+/m0/s1. The number of anilines is 1. The van der Waals surface area contributed by atoms with E-state index in [9.17, 15) is 9.59 Å². The minimum Gasteiger partial charge on any atom is -0.449 e. The Hall–Kier alpha value is -3.40. The average molecular weight is 416 g/mol. The van der Waals surface area contributed by atoms with Gasteiger partial charge in [-0.1, -0.05) is 80.6 Å². The minimum absolute atomic E-state index is 0.319. The van der Waals surface area contributed by atoms with Gasteiger partial charge in [0.1, 0.15) is 0 Å². The van der Waals surface area contributed by atoms with Gasteiger partial charge < -0.3 is 10.1 Å². The van der Waals surface area contributed by atoms with Crippen molar-refractivity contribution >= 4 is 17.6 Å². The van der Waals surface area contributed by atoms with E-state index in [0.717, 1.165) is 28.8 Å². The van der Waals surface area contributed by atoms with E-state index in [0.29, 0.717) is 17.9 Å². The van der Waals surface area contributed by atoms with E-state index >= 15 is 0 Å². The molecule has 0 fully saturated rings. The number of esters is 1. The van der Waals surface area contributed by atoms with Gasteiger partial charge in [-0.2, -0.15) is 0 Å². The molecule has 3 aromatic rings. The molecule has 3 rings (SSSR count). The molecule has 0 saturated heterocycles. The number of carbonyl (C=O) groups is 2. The summed E-state index contributed by atoms with van der Waals surface area (Å²) in [6.07, 6.45) is 0.673. The molecule has 0 aliphatic rings. The van der Waals surface area contributed by atoms with E-state index in [-0.39, 0.29) is 5.91 Å². The molecule has 160 valence electrons. The third-order valence-electron chi connectivity index (χ3n) is 5.49. The van der Waals surface area contributed by atoms with Crippen LogP contribution in [0.25, 0.3) is 0 Å². The Balaban J connectivity index is 1.69. The van der Waals surface area contributed by atoms with Crippen LogP contribution >= 0.6 is 0 Å². The second kappa shape index (κ2) is 10.6. The van der Waals surface area contributed by atoms with E-state index < -0.39 is 12.1 Å². The van der Waals surface area contributed by atoms with E-state index in [1.807, 2.05) is 66.7 Å². The Bertz CT molecular complexity index is 1030. The summed E-state index contributed by atoms with van der Waals surface area (Å²) in [5.74, 6) is -0.520.